The number of nitrogens with one attached hydrogen (secondary N) is 1. The van der Waals surface area contributed by atoms with Crippen LogP contribution in [0.3, 0.4) is 0 Å². The lowest BCUT2D eigenvalue weighted by Gasteiger charge is -2.38. The van der Waals surface area contributed by atoms with Gasteiger partial charge in [0.2, 0.25) is 0 Å². The maximum atomic E-state index is 5.76. The van der Waals surface area contributed by atoms with Crippen molar-refractivity contribution in [2.45, 2.75) is 51.4 Å². The second-order valence-electron chi connectivity index (χ2n) is 6.59. The number of aromatic nitrogens is 1. The highest BCUT2D eigenvalue weighted by Gasteiger charge is 2.27. The Hall–Kier alpha value is -0.970. The first-order chi connectivity index (χ1) is 9.61. The topological polar surface area (TPSA) is 37.4 Å². The summed E-state index contributed by atoms with van der Waals surface area (Å²) in [4.78, 5) is 7.20. The van der Waals surface area contributed by atoms with Crippen molar-refractivity contribution in [1.29, 1.82) is 0 Å². The summed E-state index contributed by atoms with van der Waals surface area (Å²) in [7, 11) is 0. The minimum absolute atomic E-state index is 0.0383. The molecule has 1 saturated carbocycles. The molecule has 1 N–H and O–H groups in total. The number of ether oxygens (including phenoxy) is 1. The van der Waals surface area contributed by atoms with Gasteiger partial charge in [0, 0.05) is 32.2 Å². The molecule has 0 spiro atoms. The summed E-state index contributed by atoms with van der Waals surface area (Å²) in [5, 5.41) is 3.52. The lowest BCUT2D eigenvalue weighted by Crippen LogP contribution is -2.47. The lowest BCUT2D eigenvalue weighted by atomic mass is 10.1. The Bertz CT molecular complexity index is 457. The molecule has 1 aliphatic carbocycles. The van der Waals surface area contributed by atoms with Crippen LogP contribution in [0.1, 0.15) is 38.1 Å². The van der Waals surface area contributed by atoms with Crippen LogP contribution in [0, 0.1) is 0 Å². The lowest BCUT2D eigenvalue weighted by molar-refractivity contribution is -0.0885. The molecule has 20 heavy (non-hydrogen) atoms. The number of morpholine rings is 1. The average molecular weight is 275 g/mol. The number of pyridine rings is 1. The third-order valence-electron chi connectivity index (χ3n) is 3.90. The molecule has 0 aromatic carbocycles. The Morgan fingerprint density at radius 3 is 2.90 bits per heavy atom. The van der Waals surface area contributed by atoms with Crippen molar-refractivity contribution in [2.75, 3.05) is 19.7 Å². The molecule has 4 heteroatoms. The number of hydrogen-bond donors (Lipinski definition) is 1. The standard InChI is InChI=1S/C16H25N3O/c1-16(2)12-19(8-9-20-16)11-15-5-3-4-14(18-15)10-17-13-6-7-13/h3-5,13,17H,6-12H2,1-2H3. The summed E-state index contributed by atoms with van der Waals surface area (Å²) < 4.78 is 5.76. The maximum absolute atomic E-state index is 5.76. The second-order valence-corrected chi connectivity index (χ2v) is 6.59. The molecule has 2 heterocycles. The third kappa shape index (κ3) is 4.01. The van der Waals surface area contributed by atoms with Gasteiger partial charge in [0.05, 0.1) is 23.6 Å². The van der Waals surface area contributed by atoms with E-state index in [0.717, 1.165) is 50.2 Å². The summed E-state index contributed by atoms with van der Waals surface area (Å²) in [5.74, 6) is 0. The van der Waals surface area contributed by atoms with E-state index in [-0.39, 0.29) is 5.60 Å². The van der Waals surface area contributed by atoms with E-state index in [2.05, 4.69) is 42.3 Å². The molecule has 0 atom stereocenters. The van der Waals surface area contributed by atoms with Gasteiger partial charge in [-0.2, -0.15) is 0 Å². The smallest absolute Gasteiger partial charge is 0.0753 e. The van der Waals surface area contributed by atoms with Gasteiger partial charge in [-0.05, 0) is 38.8 Å². The summed E-state index contributed by atoms with van der Waals surface area (Å²) in [6.45, 7) is 8.91. The fraction of sp³-hybridized carbons (Fsp3) is 0.688. The molecule has 0 amide bonds. The van der Waals surface area contributed by atoms with E-state index in [1.807, 2.05) is 0 Å². The molecule has 4 nitrogen and oxygen atoms in total. The van der Waals surface area contributed by atoms with Crippen molar-refractivity contribution in [2.24, 2.45) is 0 Å². The predicted octanol–water partition coefficient (Wildman–Crippen LogP) is 1.94. The van der Waals surface area contributed by atoms with Gasteiger partial charge in [0.25, 0.3) is 0 Å². The summed E-state index contributed by atoms with van der Waals surface area (Å²) in [6.07, 6.45) is 2.64. The second kappa shape index (κ2) is 5.80. The van der Waals surface area contributed by atoms with Crippen molar-refractivity contribution in [3.63, 3.8) is 0 Å². The van der Waals surface area contributed by atoms with Gasteiger partial charge in [0.1, 0.15) is 0 Å². The van der Waals surface area contributed by atoms with Crippen molar-refractivity contribution in [1.82, 2.24) is 15.2 Å². The van der Waals surface area contributed by atoms with Gasteiger partial charge in [-0.15, -0.1) is 0 Å². The van der Waals surface area contributed by atoms with Crippen LogP contribution >= 0.6 is 0 Å². The van der Waals surface area contributed by atoms with Gasteiger partial charge in [-0.25, -0.2) is 0 Å². The molecular formula is C16H25N3O. The molecule has 110 valence electrons. The van der Waals surface area contributed by atoms with E-state index in [4.69, 9.17) is 9.72 Å². The SMILES string of the molecule is CC1(C)CN(Cc2cccc(CNC3CC3)n2)CCO1. The normalized spacial score (nSPS) is 22.9. The first-order valence-corrected chi connectivity index (χ1v) is 7.65. The molecule has 0 unspecified atom stereocenters. The zero-order valence-corrected chi connectivity index (χ0v) is 12.6. The fourth-order valence-corrected chi connectivity index (χ4v) is 2.73. The zero-order chi connectivity index (χ0) is 14.0. The number of hydrogen-bond acceptors (Lipinski definition) is 4. The van der Waals surface area contributed by atoms with E-state index in [1.165, 1.54) is 12.8 Å². The van der Waals surface area contributed by atoms with Crippen molar-refractivity contribution in [3.05, 3.63) is 29.6 Å². The highest BCUT2D eigenvalue weighted by Crippen LogP contribution is 2.20. The van der Waals surface area contributed by atoms with Crippen LogP contribution in [0.5, 0.6) is 0 Å². The van der Waals surface area contributed by atoms with Crippen molar-refractivity contribution in [3.8, 4) is 0 Å². The summed E-state index contributed by atoms with van der Waals surface area (Å²) in [6, 6.07) is 7.10. The maximum Gasteiger partial charge on any atom is 0.0753 e. The Kier molecular flexibility index (Phi) is 4.06. The van der Waals surface area contributed by atoms with E-state index in [1.54, 1.807) is 0 Å². The quantitative estimate of drug-likeness (QED) is 0.891. The van der Waals surface area contributed by atoms with Crippen LogP contribution in [0.4, 0.5) is 0 Å². The van der Waals surface area contributed by atoms with Crippen LogP contribution in [0.2, 0.25) is 0 Å². The third-order valence-corrected chi connectivity index (χ3v) is 3.90. The fourth-order valence-electron chi connectivity index (χ4n) is 2.73. The molecule has 1 aromatic rings. The average Bonchev–Trinajstić information content (AvgIpc) is 3.19. The molecule has 3 rings (SSSR count). The summed E-state index contributed by atoms with van der Waals surface area (Å²) >= 11 is 0. The number of nitrogens with zero attached hydrogens (tertiary/aromatic N) is 2. The van der Waals surface area contributed by atoms with E-state index in [0.29, 0.717) is 0 Å². The first kappa shape index (κ1) is 14.0. The van der Waals surface area contributed by atoms with Gasteiger partial charge in [0.15, 0.2) is 0 Å². The van der Waals surface area contributed by atoms with Crippen LogP contribution < -0.4 is 5.32 Å². The summed E-state index contributed by atoms with van der Waals surface area (Å²) in [5.41, 5.74) is 2.28. The monoisotopic (exact) mass is 275 g/mol. The van der Waals surface area contributed by atoms with Gasteiger partial charge in [-0.1, -0.05) is 6.07 Å². The molecule has 2 aliphatic rings. The molecule has 1 saturated heterocycles. The van der Waals surface area contributed by atoms with E-state index in [9.17, 15) is 0 Å². The van der Waals surface area contributed by atoms with E-state index < -0.39 is 0 Å². The molecular weight excluding hydrogens is 250 g/mol. The van der Waals surface area contributed by atoms with Crippen LogP contribution in [-0.2, 0) is 17.8 Å². The van der Waals surface area contributed by atoms with Crippen molar-refractivity contribution < 1.29 is 4.74 Å². The first-order valence-electron chi connectivity index (χ1n) is 7.65. The molecule has 1 aromatic heterocycles. The molecule has 0 bridgehead atoms. The Labute approximate surface area is 121 Å². The molecule has 1 aliphatic heterocycles. The Balaban J connectivity index is 1.57. The predicted molar refractivity (Wildman–Crippen MR) is 79.4 cm³/mol. The van der Waals surface area contributed by atoms with E-state index >= 15 is 0 Å². The molecule has 2 fully saturated rings. The molecule has 0 radical (unpaired) electrons. The largest absolute Gasteiger partial charge is 0.373 e. The highest BCUT2D eigenvalue weighted by molar-refractivity contribution is 5.11. The minimum atomic E-state index is -0.0383. The van der Waals surface area contributed by atoms with Crippen LogP contribution in [0.15, 0.2) is 18.2 Å². The highest BCUT2D eigenvalue weighted by atomic mass is 16.5. The van der Waals surface area contributed by atoms with Gasteiger partial charge < -0.3 is 10.1 Å². The van der Waals surface area contributed by atoms with Crippen molar-refractivity contribution >= 4 is 0 Å². The Morgan fingerprint density at radius 2 is 2.15 bits per heavy atom. The Morgan fingerprint density at radius 1 is 1.35 bits per heavy atom. The van der Waals surface area contributed by atoms with Crippen LogP contribution in [0.25, 0.3) is 0 Å². The van der Waals surface area contributed by atoms with Crippen LogP contribution in [-0.4, -0.2) is 41.2 Å². The minimum Gasteiger partial charge on any atom is -0.373 e. The van der Waals surface area contributed by atoms with Gasteiger partial charge >= 0.3 is 0 Å². The zero-order valence-electron chi connectivity index (χ0n) is 12.6. The van der Waals surface area contributed by atoms with Gasteiger partial charge in [-0.3, -0.25) is 9.88 Å². The number of rotatable bonds is 5.